The number of hydrogen-bond acceptors (Lipinski definition) is 7. The van der Waals surface area contributed by atoms with Crippen LogP contribution < -0.4 is 10.6 Å². The van der Waals surface area contributed by atoms with Gasteiger partial charge in [-0.05, 0) is 6.42 Å². The highest BCUT2D eigenvalue weighted by Crippen LogP contribution is 2.02. The van der Waals surface area contributed by atoms with Crippen LogP contribution in [0.15, 0.2) is 6.20 Å². The average molecular weight is 388 g/mol. The summed E-state index contributed by atoms with van der Waals surface area (Å²) in [5, 5.41) is 29.4. The Bertz CT molecular complexity index is 654. The van der Waals surface area contributed by atoms with E-state index in [4.69, 9.17) is 14.9 Å². The standard InChI is InChI=1S/C14H20FN5O7/c15-5-3-9-7-20(19-18-9)6-4-11(27-8-21)17-14(26)16-10(13(24)25)1-2-12(22)23/h7-8,10-11H,1-6H2,(H,22,23)(H,24,25)(H2,16,17,26)/t10-,11+/m0/s1/i15-1. The maximum Gasteiger partial charge on any atom is 0.326 e. The van der Waals surface area contributed by atoms with Gasteiger partial charge in [0.2, 0.25) is 0 Å². The second-order valence-electron chi connectivity index (χ2n) is 5.36. The first-order valence-corrected chi connectivity index (χ1v) is 7.91. The number of carboxylic acid groups (broad SMARTS) is 2. The molecule has 2 amide bonds. The number of aromatic nitrogens is 3. The number of urea groups is 1. The Morgan fingerprint density at radius 3 is 2.63 bits per heavy atom. The average Bonchev–Trinajstić information content (AvgIpc) is 3.04. The Balaban J connectivity index is 2.55. The van der Waals surface area contributed by atoms with Gasteiger partial charge in [-0.25, -0.2) is 9.59 Å². The summed E-state index contributed by atoms with van der Waals surface area (Å²) in [4.78, 5) is 44.0. The summed E-state index contributed by atoms with van der Waals surface area (Å²) in [5.41, 5.74) is 0.443. The quantitative estimate of drug-likeness (QED) is 0.252. The number of carboxylic acids is 2. The summed E-state index contributed by atoms with van der Waals surface area (Å²) in [5.74, 6) is -2.60. The summed E-state index contributed by atoms with van der Waals surface area (Å²) < 4.78 is 18.3. The topological polar surface area (TPSA) is 173 Å². The first-order chi connectivity index (χ1) is 12.8. The maximum atomic E-state index is 12.2. The monoisotopic (exact) mass is 388 g/mol. The smallest absolute Gasteiger partial charge is 0.326 e. The van der Waals surface area contributed by atoms with E-state index in [1.807, 2.05) is 0 Å². The Morgan fingerprint density at radius 1 is 1.30 bits per heavy atom. The zero-order chi connectivity index (χ0) is 20.2. The molecule has 0 bridgehead atoms. The summed E-state index contributed by atoms with van der Waals surface area (Å²) in [7, 11) is 0. The molecule has 0 aliphatic rings. The second-order valence-corrected chi connectivity index (χ2v) is 5.36. The van der Waals surface area contributed by atoms with Gasteiger partial charge >= 0.3 is 18.0 Å². The second kappa shape index (κ2) is 11.4. The number of carbonyl (C=O) groups is 4. The van der Waals surface area contributed by atoms with Crippen molar-refractivity contribution in [2.75, 3.05) is 6.67 Å². The number of nitrogens with zero attached hydrogens (tertiary/aromatic N) is 3. The van der Waals surface area contributed by atoms with Crippen LogP contribution >= 0.6 is 0 Å². The highest BCUT2D eigenvalue weighted by Gasteiger charge is 2.22. The van der Waals surface area contributed by atoms with Crippen molar-refractivity contribution in [1.82, 2.24) is 25.6 Å². The van der Waals surface area contributed by atoms with Crippen molar-refractivity contribution in [2.24, 2.45) is 0 Å². The van der Waals surface area contributed by atoms with Gasteiger partial charge in [-0.15, -0.1) is 5.10 Å². The number of alkyl halides is 1. The number of aliphatic carboxylic acids is 2. The highest BCUT2D eigenvalue weighted by molar-refractivity contribution is 5.83. The molecule has 1 rings (SSSR count). The van der Waals surface area contributed by atoms with E-state index in [1.165, 1.54) is 10.9 Å². The lowest BCUT2D eigenvalue weighted by Crippen LogP contribution is -2.50. The molecule has 0 fully saturated rings. The molecule has 27 heavy (non-hydrogen) atoms. The lowest BCUT2D eigenvalue weighted by molar-refractivity contribution is -0.141. The zero-order valence-corrected chi connectivity index (χ0v) is 14.2. The van der Waals surface area contributed by atoms with Gasteiger partial charge < -0.3 is 25.6 Å². The van der Waals surface area contributed by atoms with Crippen molar-refractivity contribution in [3.63, 3.8) is 0 Å². The predicted octanol–water partition coefficient (Wildman–Crippen LogP) is -0.703. The van der Waals surface area contributed by atoms with E-state index in [9.17, 15) is 23.6 Å². The molecule has 0 saturated heterocycles. The Labute approximate surface area is 152 Å². The van der Waals surface area contributed by atoms with Crippen LogP contribution in [-0.4, -0.2) is 68.6 Å². The SMILES string of the molecule is O=CO[C@H](CCn1cc(CC[18F])nn1)NC(=O)N[C@@H](CCC(=O)O)C(=O)O. The van der Waals surface area contributed by atoms with Gasteiger partial charge in [0.15, 0.2) is 6.23 Å². The molecule has 150 valence electrons. The Hall–Kier alpha value is -3.25. The minimum atomic E-state index is -1.42. The molecule has 1 aromatic rings. The van der Waals surface area contributed by atoms with Crippen LogP contribution in [0.3, 0.4) is 0 Å². The maximum absolute atomic E-state index is 12.2. The van der Waals surface area contributed by atoms with Crippen molar-refractivity contribution in [3.05, 3.63) is 11.9 Å². The van der Waals surface area contributed by atoms with E-state index >= 15 is 0 Å². The Kier molecular flexibility index (Phi) is 9.19. The number of ether oxygens (including phenoxy) is 1. The van der Waals surface area contributed by atoms with Crippen molar-refractivity contribution in [2.45, 2.75) is 44.5 Å². The molecule has 2 atom stereocenters. The van der Waals surface area contributed by atoms with Crippen LogP contribution in [-0.2, 0) is 32.1 Å². The van der Waals surface area contributed by atoms with Crippen molar-refractivity contribution >= 4 is 24.4 Å². The third-order valence-corrected chi connectivity index (χ3v) is 3.32. The van der Waals surface area contributed by atoms with Crippen LogP contribution in [0.2, 0.25) is 0 Å². The largest absolute Gasteiger partial charge is 0.481 e. The third-order valence-electron chi connectivity index (χ3n) is 3.32. The van der Waals surface area contributed by atoms with Gasteiger partial charge in [0.05, 0.1) is 12.4 Å². The van der Waals surface area contributed by atoms with Gasteiger partial charge in [-0.1, -0.05) is 5.21 Å². The predicted molar refractivity (Wildman–Crippen MR) is 85.2 cm³/mol. The van der Waals surface area contributed by atoms with E-state index in [1.54, 1.807) is 0 Å². The van der Waals surface area contributed by atoms with Crippen LogP contribution in [0.25, 0.3) is 0 Å². The summed E-state index contributed by atoms with van der Waals surface area (Å²) >= 11 is 0. The Morgan fingerprint density at radius 2 is 2.04 bits per heavy atom. The van der Waals surface area contributed by atoms with Crippen molar-refractivity contribution in [3.8, 4) is 0 Å². The van der Waals surface area contributed by atoms with Crippen molar-refractivity contribution < 1.29 is 38.5 Å². The van der Waals surface area contributed by atoms with Gasteiger partial charge in [0.25, 0.3) is 6.47 Å². The number of carbonyl (C=O) groups excluding carboxylic acids is 2. The normalized spacial score (nSPS) is 12.6. The lowest BCUT2D eigenvalue weighted by atomic mass is 10.1. The fourth-order valence-electron chi connectivity index (χ4n) is 2.02. The highest BCUT2D eigenvalue weighted by atomic mass is 18.2. The molecular weight excluding hydrogens is 368 g/mol. The minimum Gasteiger partial charge on any atom is -0.481 e. The van der Waals surface area contributed by atoms with Gasteiger partial charge in [0.1, 0.15) is 6.04 Å². The lowest BCUT2D eigenvalue weighted by Gasteiger charge is -2.19. The van der Waals surface area contributed by atoms with Crippen LogP contribution in [0.4, 0.5) is 9.18 Å². The number of aryl methyl sites for hydroxylation is 2. The number of nitrogens with one attached hydrogen (secondary N) is 2. The summed E-state index contributed by atoms with van der Waals surface area (Å²) in [6.07, 6.45) is -0.152. The van der Waals surface area contributed by atoms with Crippen LogP contribution in [0.1, 0.15) is 25.0 Å². The molecule has 0 unspecified atom stereocenters. The number of rotatable bonds is 13. The number of hydrogen-bond donors (Lipinski definition) is 4. The van der Waals surface area contributed by atoms with E-state index in [0.29, 0.717) is 5.69 Å². The van der Waals surface area contributed by atoms with Crippen LogP contribution in [0, 0.1) is 0 Å². The molecule has 13 heteroatoms. The third kappa shape index (κ3) is 8.60. The fraction of sp³-hybridized carbons (Fsp3) is 0.571. The van der Waals surface area contributed by atoms with Crippen molar-refractivity contribution in [1.29, 1.82) is 0 Å². The number of amides is 2. The molecule has 0 aromatic carbocycles. The van der Waals surface area contributed by atoms with E-state index < -0.39 is 43.3 Å². The first kappa shape index (κ1) is 21.8. The minimum absolute atomic E-state index is 0.0808. The van der Waals surface area contributed by atoms with Gasteiger partial charge in [-0.3, -0.25) is 18.7 Å². The molecular formula is C14H20FN5O7. The molecule has 1 heterocycles. The molecule has 0 saturated carbocycles. The summed E-state index contributed by atoms with van der Waals surface area (Å²) in [6.45, 7) is -0.288. The molecule has 12 nitrogen and oxygen atoms in total. The fourth-order valence-corrected chi connectivity index (χ4v) is 2.02. The molecule has 1 aromatic heterocycles. The zero-order valence-electron chi connectivity index (χ0n) is 14.2. The van der Waals surface area contributed by atoms with E-state index in [-0.39, 0.29) is 32.3 Å². The molecule has 4 N–H and O–H groups in total. The van der Waals surface area contributed by atoms with Gasteiger partial charge in [0, 0.05) is 32.0 Å². The molecule has 0 aliphatic heterocycles. The molecule has 0 spiro atoms. The van der Waals surface area contributed by atoms with E-state index in [2.05, 4.69) is 20.9 Å². The molecule has 0 aliphatic carbocycles. The first-order valence-electron chi connectivity index (χ1n) is 7.91. The van der Waals surface area contributed by atoms with Crippen LogP contribution in [0.5, 0.6) is 0 Å². The molecule has 0 radical (unpaired) electrons. The number of halogens is 1. The summed E-state index contributed by atoms with van der Waals surface area (Å²) in [6, 6.07) is -2.37. The van der Waals surface area contributed by atoms with E-state index in [0.717, 1.165) is 0 Å². The van der Waals surface area contributed by atoms with Gasteiger partial charge in [-0.2, -0.15) is 0 Å².